The van der Waals surface area contributed by atoms with Crippen LogP contribution in [0.15, 0.2) is 70.8 Å². The Balaban J connectivity index is 2.33. The first-order valence-electron chi connectivity index (χ1n) is 6.99. The molecule has 0 radical (unpaired) electrons. The molecule has 0 saturated heterocycles. The fourth-order valence-electron chi connectivity index (χ4n) is 1.75. The number of hydrazine groups is 1. The molecule has 0 bridgehead atoms. The first-order valence-corrected chi connectivity index (χ1v) is 6.99. The van der Waals surface area contributed by atoms with Crippen molar-refractivity contribution >= 4 is 23.3 Å². The molecular formula is C15H17N7O2. The Morgan fingerprint density at radius 3 is 1.88 bits per heavy atom. The molecule has 0 atom stereocenters. The number of guanidine groups is 2. The van der Waals surface area contributed by atoms with Crippen molar-refractivity contribution in [3.05, 3.63) is 70.8 Å². The van der Waals surface area contributed by atoms with Gasteiger partial charge in [-0.05, 0) is 24.3 Å². The molecule has 24 heavy (non-hydrogen) atoms. The van der Waals surface area contributed by atoms with Gasteiger partial charge in [-0.25, -0.2) is 0 Å². The number of rotatable bonds is 4. The first kappa shape index (κ1) is 16.7. The van der Waals surface area contributed by atoms with Gasteiger partial charge in [0.2, 0.25) is 0 Å². The van der Waals surface area contributed by atoms with Crippen molar-refractivity contribution in [1.29, 1.82) is 0 Å². The molecule has 0 aromatic heterocycles. The SMILES string of the molecule is CN=C(N)N(N=C(Nc1ccccc1)Nc1ccccc1)[N+](=O)[O-]. The second-order valence-electron chi connectivity index (χ2n) is 4.54. The predicted molar refractivity (Wildman–Crippen MR) is 93.9 cm³/mol. The van der Waals surface area contributed by atoms with Gasteiger partial charge in [0.15, 0.2) is 0 Å². The highest BCUT2D eigenvalue weighted by atomic mass is 16.7. The number of nitrogens with zero attached hydrogens (tertiary/aromatic N) is 4. The van der Waals surface area contributed by atoms with Crippen LogP contribution in [0, 0.1) is 10.1 Å². The highest BCUT2D eigenvalue weighted by Gasteiger charge is 2.21. The minimum absolute atomic E-state index is 0.121. The van der Waals surface area contributed by atoms with Gasteiger partial charge in [-0.1, -0.05) is 36.4 Å². The Morgan fingerprint density at radius 2 is 1.50 bits per heavy atom. The molecule has 0 heterocycles. The van der Waals surface area contributed by atoms with Crippen molar-refractivity contribution in [1.82, 2.24) is 5.12 Å². The Labute approximate surface area is 138 Å². The van der Waals surface area contributed by atoms with Gasteiger partial charge < -0.3 is 26.5 Å². The summed E-state index contributed by atoms with van der Waals surface area (Å²) in [6.07, 6.45) is 0. The van der Waals surface area contributed by atoms with Crippen molar-refractivity contribution in [3.63, 3.8) is 0 Å². The Kier molecular flexibility index (Phi) is 5.67. The average molecular weight is 327 g/mol. The summed E-state index contributed by atoms with van der Waals surface area (Å²) in [5.41, 5.74) is 6.93. The second-order valence-corrected chi connectivity index (χ2v) is 4.54. The zero-order valence-electron chi connectivity index (χ0n) is 13.0. The fourth-order valence-corrected chi connectivity index (χ4v) is 1.75. The summed E-state index contributed by atoms with van der Waals surface area (Å²) in [6, 6.07) is 18.2. The Bertz CT molecular complexity index is 689. The molecule has 0 unspecified atom stereocenters. The van der Waals surface area contributed by atoms with Gasteiger partial charge >= 0.3 is 5.96 Å². The van der Waals surface area contributed by atoms with E-state index in [1.54, 1.807) is 24.3 Å². The van der Waals surface area contributed by atoms with Crippen molar-refractivity contribution in [2.24, 2.45) is 15.8 Å². The summed E-state index contributed by atoms with van der Waals surface area (Å²) in [5, 5.41) is 20.6. The van der Waals surface area contributed by atoms with Gasteiger partial charge in [-0.3, -0.25) is 4.99 Å². The third kappa shape index (κ3) is 4.70. The van der Waals surface area contributed by atoms with Gasteiger partial charge in [0.05, 0.1) is 15.3 Å². The zero-order chi connectivity index (χ0) is 17.4. The van der Waals surface area contributed by atoms with Crippen LogP contribution in [-0.4, -0.2) is 29.1 Å². The van der Waals surface area contributed by atoms with Crippen molar-refractivity contribution in [2.75, 3.05) is 17.7 Å². The van der Waals surface area contributed by atoms with Crippen LogP contribution >= 0.6 is 0 Å². The van der Waals surface area contributed by atoms with Crippen molar-refractivity contribution in [2.45, 2.75) is 0 Å². The predicted octanol–water partition coefficient (Wildman–Crippen LogP) is 1.92. The summed E-state index contributed by atoms with van der Waals surface area (Å²) in [7, 11) is 1.34. The van der Waals surface area contributed by atoms with E-state index >= 15 is 0 Å². The lowest BCUT2D eigenvalue weighted by Crippen LogP contribution is -2.40. The molecule has 0 amide bonds. The summed E-state index contributed by atoms with van der Waals surface area (Å²) < 4.78 is 0. The largest absolute Gasteiger partial charge is 0.363 e. The number of nitro groups is 1. The van der Waals surface area contributed by atoms with Gasteiger partial charge in [0.25, 0.3) is 5.96 Å². The number of hydrazone groups is 1. The van der Waals surface area contributed by atoms with E-state index in [-0.39, 0.29) is 11.9 Å². The lowest BCUT2D eigenvalue weighted by atomic mass is 10.3. The quantitative estimate of drug-likeness (QED) is 0.341. The smallest absolute Gasteiger partial charge is 0.347 e. The van der Waals surface area contributed by atoms with E-state index in [0.29, 0.717) is 16.5 Å². The van der Waals surface area contributed by atoms with Crippen LogP contribution in [0.3, 0.4) is 0 Å². The zero-order valence-corrected chi connectivity index (χ0v) is 13.0. The van der Waals surface area contributed by atoms with E-state index in [1.807, 2.05) is 36.4 Å². The van der Waals surface area contributed by atoms with E-state index in [1.165, 1.54) is 7.05 Å². The fraction of sp³-hybridized carbons (Fsp3) is 0.0667. The summed E-state index contributed by atoms with van der Waals surface area (Å²) in [4.78, 5) is 14.7. The summed E-state index contributed by atoms with van der Waals surface area (Å²) in [5.74, 6) is -0.224. The van der Waals surface area contributed by atoms with E-state index in [9.17, 15) is 10.1 Å². The maximum atomic E-state index is 11.1. The van der Waals surface area contributed by atoms with Crippen LogP contribution in [0.1, 0.15) is 0 Å². The maximum absolute atomic E-state index is 11.1. The first-order chi connectivity index (χ1) is 11.6. The number of nitrogens with two attached hydrogens (primary N) is 1. The highest BCUT2D eigenvalue weighted by molar-refractivity contribution is 6.03. The number of benzene rings is 2. The molecule has 0 spiro atoms. The number of hydrogen-bond donors (Lipinski definition) is 3. The molecule has 124 valence electrons. The minimum atomic E-state index is -0.762. The molecule has 9 nitrogen and oxygen atoms in total. The lowest BCUT2D eigenvalue weighted by molar-refractivity contribution is -0.631. The molecule has 2 rings (SSSR count). The molecule has 0 aliphatic heterocycles. The van der Waals surface area contributed by atoms with Crippen molar-refractivity contribution in [3.8, 4) is 0 Å². The number of hydrogen-bond acceptors (Lipinski definition) is 4. The monoisotopic (exact) mass is 327 g/mol. The van der Waals surface area contributed by atoms with E-state index in [4.69, 9.17) is 5.73 Å². The van der Waals surface area contributed by atoms with Crippen LogP contribution in [0.2, 0.25) is 0 Å². The molecule has 0 saturated carbocycles. The normalized spacial score (nSPS) is 10.6. The van der Waals surface area contributed by atoms with Crippen LogP contribution in [0.4, 0.5) is 11.4 Å². The average Bonchev–Trinajstić information content (AvgIpc) is 2.60. The third-order valence-electron chi connectivity index (χ3n) is 2.86. The molecule has 0 fully saturated rings. The topological polar surface area (TPSA) is 121 Å². The standard InChI is InChI=1S/C15H17N7O2/c1-17-14(16)21(22(23)24)20-15(18-12-8-4-2-5-9-12)19-13-10-6-3-7-11-13/h2-11H,1H3,(H2,16,17)(H2,18,19,20). The van der Waals surface area contributed by atoms with E-state index in [0.717, 1.165) is 0 Å². The Morgan fingerprint density at radius 1 is 1.04 bits per heavy atom. The van der Waals surface area contributed by atoms with E-state index in [2.05, 4.69) is 20.7 Å². The van der Waals surface area contributed by atoms with Crippen molar-refractivity contribution < 1.29 is 5.03 Å². The molecular weight excluding hydrogens is 310 g/mol. The summed E-state index contributed by atoms with van der Waals surface area (Å²) >= 11 is 0. The van der Waals surface area contributed by atoms with Gasteiger partial charge in [-0.2, -0.15) is 0 Å². The van der Waals surface area contributed by atoms with Crippen LogP contribution in [0.5, 0.6) is 0 Å². The lowest BCUT2D eigenvalue weighted by Gasteiger charge is -2.11. The van der Waals surface area contributed by atoms with Gasteiger partial charge in [-0.15, -0.1) is 0 Å². The second kappa shape index (κ2) is 8.13. The summed E-state index contributed by atoms with van der Waals surface area (Å²) in [6.45, 7) is 0. The van der Waals surface area contributed by atoms with Crippen LogP contribution < -0.4 is 16.4 Å². The third-order valence-corrected chi connectivity index (χ3v) is 2.86. The molecule has 4 N–H and O–H groups in total. The number of para-hydroxylation sites is 2. The molecule has 0 aliphatic rings. The molecule has 9 heteroatoms. The number of anilines is 2. The number of aliphatic imine (C=N–C) groups is 1. The minimum Gasteiger partial charge on any atom is -0.363 e. The molecule has 2 aromatic rings. The van der Waals surface area contributed by atoms with Gasteiger partial charge in [0.1, 0.15) is 0 Å². The van der Waals surface area contributed by atoms with Crippen LogP contribution in [0.25, 0.3) is 0 Å². The maximum Gasteiger partial charge on any atom is 0.347 e. The molecule has 0 aliphatic carbocycles. The van der Waals surface area contributed by atoms with E-state index < -0.39 is 5.03 Å². The highest BCUT2D eigenvalue weighted by Crippen LogP contribution is 2.09. The Hall–Kier alpha value is -3.62. The van der Waals surface area contributed by atoms with Crippen LogP contribution in [-0.2, 0) is 0 Å². The number of nitrogens with one attached hydrogen (secondary N) is 2. The van der Waals surface area contributed by atoms with Gasteiger partial charge in [0, 0.05) is 18.4 Å². The molecule has 2 aromatic carbocycles.